The zero-order chi connectivity index (χ0) is 23.8. The molecule has 4 rings (SSSR count). The largest absolute Gasteiger partial charge is 0.497 e. The van der Waals surface area contributed by atoms with Crippen molar-refractivity contribution in [1.82, 2.24) is 0 Å². The standard InChI is InChI=1S/C26H27N3O4S/c1-32-22-12-6-19(7-13-22)26(31)28-23-4-2-3-5-24(23)34-18-25(30)27-20-8-10-21(11-9-20)29-14-16-33-17-15-29/h2-13H,14-18H2,1H3,(H,27,30)(H,28,31). The lowest BCUT2D eigenvalue weighted by Crippen LogP contribution is -2.36. The van der Waals surface area contributed by atoms with Crippen LogP contribution in [0.4, 0.5) is 17.1 Å². The number of nitrogens with zero attached hydrogens (tertiary/aromatic N) is 1. The number of morpholine rings is 1. The molecular formula is C26H27N3O4S. The van der Waals surface area contributed by atoms with E-state index in [0.29, 0.717) is 17.0 Å². The van der Waals surface area contributed by atoms with E-state index < -0.39 is 0 Å². The Kier molecular flexibility index (Phi) is 8.06. The normalized spacial score (nSPS) is 13.3. The molecule has 1 fully saturated rings. The predicted molar refractivity (Wildman–Crippen MR) is 136 cm³/mol. The maximum Gasteiger partial charge on any atom is 0.255 e. The van der Waals surface area contributed by atoms with Gasteiger partial charge in [0.25, 0.3) is 5.91 Å². The van der Waals surface area contributed by atoms with E-state index in [1.54, 1.807) is 31.4 Å². The SMILES string of the molecule is COc1ccc(C(=O)Nc2ccccc2SCC(=O)Nc2ccc(N3CCOCC3)cc2)cc1. The molecule has 0 bridgehead atoms. The first-order valence-corrected chi connectivity index (χ1v) is 12.0. The molecule has 0 spiro atoms. The third-order valence-corrected chi connectivity index (χ3v) is 6.45. The minimum Gasteiger partial charge on any atom is -0.497 e. The van der Waals surface area contributed by atoms with Crippen LogP contribution >= 0.6 is 11.8 Å². The van der Waals surface area contributed by atoms with Crippen LogP contribution in [0.2, 0.25) is 0 Å². The van der Waals surface area contributed by atoms with Crippen molar-refractivity contribution in [2.45, 2.75) is 4.90 Å². The number of hydrogen-bond donors (Lipinski definition) is 2. The molecule has 2 N–H and O–H groups in total. The van der Waals surface area contributed by atoms with Crippen LogP contribution in [-0.4, -0.2) is 51.0 Å². The fourth-order valence-electron chi connectivity index (χ4n) is 3.55. The molecule has 3 aromatic carbocycles. The van der Waals surface area contributed by atoms with Crippen LogP contribution < -0.4 is 20.3 Å². The summed E-state index contributed by atoms with van der Waals surface area (Å²) in [6.45, 7) is 3.21. The number of amides is 2. The van der Waals surface area contributed by atoms with Crippen molar-refractivity contribution in [1.29, 1.82) is 0 Å². The number of ether oxygens (including phenoxy) is 2. The number of rotatable bonds is 8. The fourth-order valence-corrected chi connectivity index (χ4v) is 4.36. The Bertz CT molecular complexity index is 1110. The summed E-state index contributed by atoms with van der Waals surface area (Å²) in [4.78, 5) is 28.3. The van der Waals surface area contributed by atoms with E-state index in [4.69, 9.17) is 9.47 Å². The van der Waals surface area contributed by atoms with Gasteiger partial charge in [-0.1, -0.05) is 12.1 Å². The number of anilines is 3. The van der Waals surface area contributed by atoms with E-state index >= 15 is 0 Å². The van der Waals surface area contributed by atoms with Gasteiger partial charge in [-0.25, -0.2) is 0 Å². The topological polar surface area (TPSA) is 79.9 Å². The molecule has 3 aromatic rings. The fraction of sp³-hybridized carbons (Fsp3) is 0.231. The lowest BCUT2D eigenvalue weighted by Gasteiger charge is -2.28. The van der Waals surface area contributed by atoms with Crippen LogP contribution in [0.3, 0.4) is 0 Å². The molecule has 0 unspecified atom stereocenters. The van der Waals surface area contributed by atoms with E-state index in [-0.39, 0.29) is 17.6 Å². The molecule has 1 aliphatic rings. The second-order valence-electron chi connectivity index (χ2n) is 7.66. The molecule has 2 amide bonds. The molecule has 0 atom stereocenters. The van der Waals surface area contributed by atoms with E-state index in [9.17, 15) is 9.59 Å². The van der Waals surface area contributed by atoms with Crippen molar-refractivity contribution < 1.29 is 19.1 Å². The van der Waals surface area contributed by atoms with Crippen LogP contribution in [0.15, 0.2) is 77.7 Å². The molecule has 1 aliphatic heterocycles. The molecule has 34 heavy (non-hydrogen) atoms. The molecule has 7 nitrogen and oxygen atoms in total. The summed E-state index contributed by atoms with van der Waals surface area (Å²) in [5.74, 6) is 0.579. The summed E-state index contributed by atoms with van der Waals surface area (Å²) in [5.41, 5.74) is 3.07. The highest BCUT2D eigenvalue weighted by atomic mass is 32.2. The number of carbonyl (C=O) groups excluding carboxylic acids is 2. The van der Waals surface area contributed by atoms with Crippen LogP contribution in [0.1, 0.15) is 10.4 Å². The molecule has 0 aromatic heterocycles. The molecular weight excluding hydrogens is 450 g/mol. The average molecular weight is 478 g/mol. The average Bonchev–Trinajstić information content (AvgIpc) is 2.89. The van der Waals surface area contributed by atoms with Crippen molar-refractivity contribution in [3.05, 3.63) is 78.4 Å². The van der Waals surface area contributed by atoms with Crippen LogP contribution in [0, 0.1) is 0 Å². The third-order valence-electron chi connectivity index (χ3n) is 5.37. The Morgan fingerprint density at radius 2 is 1.65 bits per heavy atom. The molecule has 0 saturated carbocycles. The summed E-state index contributed by atoms with van der Waals surface area (Å²) >= 11 is 1.37. The summed E-state index contributed by atoms with van der Waals surface area (Å²) < 4.78 is 10.5. The van der Waals surface area contributed by atoms with Crippen molar-refractivity contribution in [3.8, 4) is 5.75 Å². The van der Waals surface area contributed by atoms with Gasteiger partial charge in [0, 0.05) is 34.9 Å². The summed E-state index contributed by atoms with van der Waals surface area (Å²) in [6, 6.07) is 22.2. The van der Waals surface area contributed by atoms with Gasteiger partial charge in [0.05, 0.1) is 31.8 Å². The first-order valence-electron chi connectivity index (χ1n) is 11.0. The van der Waals surface area contributed by atoms with Gasteiger partial charge in [-0.3, -0.25) is 9.59 Å². The van der Waals surface area contributed by atoms with Crippen molar-refractivity contribution in [2.75, 3.05) is 54.7 Å². The van der Waals surface area contributed by atoms with E-state index in [0.717, 1.165) is 42.6 Å². The van der Waals surface area contributed by atoms with Gasteiger partial charge in [-0.15, -0.1) is 11.8 Å². The third kappa shape index (κ3) is 6.30. The summed E-state index contributed by atoms with van der Waals surface area (Å²) in [7, 11) is 1.58. The highest BCUT2D eigenvalue weighted by molar-refractivity contribution is 8.00. The van der Waals surface area contributed by atoms with E-state index in [1.165, 1.54) is 11.8 Å². The maximum atomic E-state index is 12.6. The minimum atomic E-state index is -0.222. The zero-order valence-electron chi connectivity index (χ0n) is 19.0. The number of carbonyl (C=O) groups is 2. The Morgan fingerprint density at radius 3 is 2.35 bits per heavy atom. The second kappa shape index (κ2) is 11.6. The Balaban J connectivity index is 1.31. The highest BCUT2D eigenvalue weighted by Crippen LogP contribution is 2.28. The Hall–Kier alpha value is -3.49. The number of para-hydroxylation sites is 1. The smallest absolute Gasteiger partial charge is 0.255 e. The van der Waals surface area contributed by atoms with Gasteiger partial charge in [0.15, 0.2) is 0 Å². The second-order valence-corrected chi connectivity index (χ2v) is 8.68. The van der Waals surface area contributed by atoms with E-state index in [2.05, 4.69) is 15.5 Å². The lowest BCUT2D eigenvalue weighted by molar-refractivity contribution is -0.113. The first kappa shape index (κ1) is 23.7. The predicted octanol–water partition coefficient (Wildman–Crippen LogP) is 4.51. The number of hydrogen-bond acceptors (Lipinski definition) is 6. The number of benzene rings is 3. The maximum absolute atomic E-state index is 12.6. The monoisotopic (exact) mass is 477 g/mol. The summed E-state index contributed by atoms with van der Waals surface area (Å²) in [6.07, 6.45) is 0. The van der Waals surface area contributed by atoms with Crippen molar-refractivity contribution in [3.63, 3.8) is 0 Å². The van der Waals surface area contributed by atoms with Gasteiger partial charge in [-0.05, 0) is 60.7 Å². The minimum absolute atomic E-state index is 0.111. The molecule has 8 heteroatoms. The molecule has 0 aliphatic carbocycles. The first-order chi connectivity index (χ1) is 16.6. The van der Waals surface area contributed by atoms with Crippen molar-refractivity contribution >= 4 is 40.6 Å². The van der Waals surface area contributed by atoms with Gasteiger partial charge in [-0.2, -0.15) is 0 Å². The Labute approximate surface area is 203 Å². The van der Waals surface area contributed by atoms with Crippen molar-refractivity contribution in [2.24, 2.45) is 0 Å². The Morgan fingerprint density at radius 1 is 0.941 bits per heavy atom. The quantitative estimate of drug-likeness (QED) is 0.465. The van der Waals surface area contributed by atoms with Gasteiger partial charge >= 0.3 is 0 Å². The molecule has 1 saturated heterocycles. The van der Waals surface area contributed by atoms with Crippen LogP contribution in [0.25, 0.3) is 0 Å². The van der Waals surface area contributed by atoms with Gasteiger partial charge < -0.3 is 25.0 Å². The highest BCUT2D eigenvalue weighted by Gasteiger charge is 2.13. The zero-order valence-corrected chi connectivity index (χ0v) is 19.8. The van der Waals surface area contributed by atoms with E-state index in [1.807, 2.05) is 48.5 Å². The number of nitrogens with one attached hydrogen (secondary N) is 2. The molecule has 1 heterocycles. The van der Waals surface area contributed by atoms with Gasteiger partial charge in [0.2, 0.25) is 5.91 Å². The van der Waals surface area contributed by atoms with Crippen LogP contribution in [0.5, 0.6) is 5.75 Å². The lowest BCUT2D eigenvalue weighted by atomic mass is 10.2. The van der Waals surface area contributed by atoms with Crippen LogP contribution in [-0.2, 0) is 9.53 Å². The van der Waals surface area contributed by atoms with Gasteiger partial charge in [0.1, 0.15) is 5.75 Å². The molecule has 176 valence electrons. The number of thioether (sulfide) groups is 1. The summed E-state index contributed by atoms with van der Waals surface area (Å²) in [5, 5.41) is 5.87. The number of methoxy groups -OCH3 is 1. The molecule has 0 radical (unpaired) electrons.